The molecule has 0 saturated heterocycles. The van der Waals surface area contributed by atoms with Gasteiger partial charge in [0.25, 0.3) is 0 Å². The van der Waals surface area contributed by atoms with Crippen LogP contribution in [-0.2, 0) is 16.7 Å². The van der Waals surface area contributed by atoms with Crippen LogP contribution in [0.15, 0.2) is 0 Å². The van der Waals surface area contributed by atoms with Crippen LogP contribution in [0.3, 0.4) is 0 Å². The van der Waals surface area contributed by atoms with Crippen LogP contribution in [-0.4, -0.2) is 44.4 Å². The van der Waals surface area contributed by atoms with Gasteiger partial charge < -0.3 is 0 Å². The van der Waals surface area contributed by atoms with Crippen molar-refractivity contribution in [3.63, 3.8) is 0 Å². The molecule has 0 aliphatic heterocycles. The van der Waals surface area contributed by atoms with E-state index in [2.05, 4.69) is 12.5 Å². The first-order valence-corrected chi connectivity index (χ1v) is 10.4. The fraction of sp³-hybridized carbons (Fsp3) is 1.00. The van der Waals surface area contributed by atoms with Gasteiger partial charge in [0.05, 0.1) is 20.8 Å². The van der Waals surface area contributed by atoms with Crippen molar-refractivity contribution < 1.29 is 51.9 Å². The lowest BCUT2D eigenvalue weighted by atomic mass is 10.5. The van der Waals surface area contributed by atoms with Crippen LogP contribution in [0, 0.1) is 0 Å². The van der Waals surface area contributed by atoms with Crippen molar-refractivity contribution in [2.75, 3.05) is 25.2 Å². The predicted molar refractivity (Wildman–Crippen MR) is 74.1 cm³/mol. The molecule has 0 aromatic rings. The molecule has 150 valence electrons. The molecule has 0 saturated carbocycles. The average Bonchev–Trinajstić information content (AvgIpc) is 2.41. The topological polar surface area (TPSA) is 36.9 Å². The lowest BCUT2D eigenvalue weighted by Gasteiger charge is -2.72. The largest absolute Gasteiger partial charge is 0.536 e. The van der Waals surface area contributed by atoms with E-state index in [4.69, 9.17) is 4.18 Å². The minimum atomic E-state index is -6.81. The van der Waals surface area contributed by atoms with E-state index in [1.165, 1.54) is 6.92 Å². The number of rotatable bonds is 10. The SMILES string of the molecule is CCCOS(CC)(OCC(F)(F)F)(OC(F)F)(OC(F)(F)F)SC. The molecule has 0 spiro atoms. The van der Waals surface area contributed by atoms with Crippen LogP contribution in [0.25, 0.3) is 0 Å². The van der Waals surface area contributed by atoms with Gasteiger partial charge in [-0.25, -0.2) is 4.18 Å². The van der Waals surface area contributed by atoms with E-state index >= 15 is 0 Å². The fourth-order valence-electron chi connectivity index (χ4n) is 1.61. The molecular formula is C10H18F8O4S2. The van der Waals surface area contributed by atoms with Gasteiger partial charge in [-0.1, -0.05) is 13.8 Å². The molecule has 0 bridgehead atoms. The summed E-state index contributed by atoms with van der Waals surface area (Å²) in [6, 6.07) is 0. The maximum absolute atomic E-state index is 12.9. The third kappa shape index (κ3) is 5.76. The molecule has 0 heterocycles. The molecule has 0 aliphatic rings. The lowest BCUT2D eigenvalue weighted by molar-refractivity contribution is -0.293. The summed E-state index contributed by atoms with van der Waals surface area (Å²) in [5.41, 5.74) is 0. The first kappa shape index (κ1) is 24.0. The van der Waals surface area contributed by atoms with Crippen molar-refractivity contribution in [2.45, 2.75) is 39.4 Å². The zero-order valence-electron chi connectivity index (χ0n) is 12.9. The number of hydrogen-bond donors (Lipinski definition) is 0. The van der Waals surface area contributed by atoms with Gasteiger partial charge in [0.15, 0.2) is 6.61 Å². The van der Waals surface area contributed by atoms with Crippen LogP contribution >= 0.6 is 19.2 Å². The minimum absolute atomic E-state index is 0.0241. The maximum atomic E-state index is 12.9. The molecule has 0 aromatic carbocycles. The monoisotopic (exact) mass is 418 g/mol. The summed E-state index contributed by atoms with van der Waals surface area (Å²) < 4.78 is 119. The van der Waals surface area contributed by atoms with E-state index in [1.54, 1.807) is 0 Å². The lowest BCUT2D eigenvalue weighted by Crippen LogP contribution is -2.50. The smallest absolute Gasteiger partial charge is 0.286 e. The van der Waals surface area contributed by atoms with Crippen molar-refractivity contribution >= 4 is 19.2 Å². The summed E-state index contributed by atoms with van der Waals surface area (Å²) in [6.45, 7) is -4.72. The van der Waals surface area contributed by atoms with E-state index in [0.717, 1.165) is 13.2 Å². The maximum Gasteiger partial charge on any atom is 0.536 e. The van der Waals surface area contributed by atoms with E-state index in [0.29, 0.717) is 0 Å². The van der Waals surface area contributed by atoms with Gasteiger partial charge in [-0.2, -0.15) is 26.1 Å². The van der Waals surface area contributed by atoms with Crippen molar-refractivity contribution in [3.8, 4) is 0 Å². The summed E-state index contributed by atoms with van der Waals surface area (Å²) >= 11 is 0. The van der Waals surface area contributed by atoms with Crippen molar-refractivity contribution in [1.29, 1.82) is 0 Å². The van der Waals surface area contributed by atoms with Crippen LogP contribution in [0.4, 0.5) is 35.1 Å². The van der Waals surface area contributed by atoms with E-state index < -0.39 is 46.6 Å². The van der Waals surface area contributed by atoms with Gasteiger partial charge in [-0.15, -0.1) is 13.2 Å². The Morgan fingerprint density at radius 3 is 1.83 bits per heavy atom. The predicted octanol–water partition coefficient (Wildman–Crippen LogP) is 5.60. The Kier molecular flexibility index (Phi) is 7.30. The number of alkyl halides is 8. The minimum Gasteiger partial charge on any atom is -0.286 e. The summed E-state index contributed by atoms with van der Waals surface area (Å²) in [5, 5.41) is 0. The molecule has 0 radical (unpaired) electrons. The molecule has 0 N–H and O–H groups in total. The van der Waals surface area contributed by atoms with Gasteiger partial charge in [-0.3, -0.25) is 8.37 Å². The molecule has 0 rings (SSSR count). The Hall–Kier alpha value is -0.0200. The highest BCUT2D eigenvalue weighted by Crippen LogP contribution is 3.00. The Bertz CT molecular complexity index is 424. The number of hydrogen-bond acceptors (Lipinski definition) is 5. The normalized spacial score (nSPS) is 17.0. The van der Waals surface area contributed by atoms with Crippen molar-refractivity contribution in [2.24, 2.45) is 0 Å². The summed E-state index contributed by atoms with van der Waals surface area (Å²) in [5.74, 6) is -1.18. The molecule has 0 aromatic heterocycles. The van der Waals surface area contributed by atoms with Crippen LogP contribution in [0.1, 0.15) is 20.3 Å². The fourth-order valence-corrected chi connectivity index (χ4v) is 7.32. The van der Waals surface area contributed by atoms with Crippen LogP contribution in [0.2, 0.25) is 0 Å². The molecule has 0 atom stereocenters. The van der Waals surface area contributed by atoms with E-state index in [9.17, 15) is 35.1 Å². The van der Waals surface area contributed by atoms with E-state index in [1.807, 2.05) is 0 Å². The Morgan fingerprint density at radius 1 is 1.00 bits per heavy atom. The van der Waals surface area contributed by atoms with Crippen molar-refractivity contribution in [1.82, 2.24) is 0 Å². The number of halogens is 8. The molecule has 14 heteroatoms. The Morgan fingerprint density at radius 2 is 1.54 bits per heavy atom. The Labute approximate surface area is 136 Å². The molecular weight excluding hydrogens is 400 g/mol. The first-order valence-electron chi connectivity index (χ1n) is 6.39. The Balaban J connectivity index is 6.45. The second-order valence-electron chi connectivity index (χ2n) is 4.31. The van der Waals surface area contributed by atoms with Gasteiger partial charge in [0, 0.05) is 0 Å². The van der Waals surface area contributed by atoms with Crippen LogP contribution < -0.4 is 0 Å². The van der Waals surface area contributed by atoms with Gasteiger partial charge in [0.2, 0.25) is 0 Å². The van der Waals surface area contributed by atoms with Crippen molar-refractivity contribution in [3.05, 3.63) is 0 Å². The standard InChI is InChI=1S/C10H18F8O4S2/c1-4-6-19-24(5-2,23-3,21-8(11)12,22-10(16,17)18)20-7-9(13,14)15/h8H,4-7H2,1-3H3. The first-order chi connectivity index (χ1) is 10.6. The summed E-state index contributed by atoms with van der Waals surface area (Å²) in [4.78, 5) is 0. The molecule has 4 nitrogen and oxygen atoms in total. The molecule has 0 aliphatic carbocycles. The quantitative estimate of drug-likeness (QED) is 0.341. The van der Waals surface area contributed by atoms with Gasteiger partial charge in [-0.05, 0) is 23.5 Å². The highest BCUT2D eigenvalue weighted by Gasteiger charge is 2.71. The highest BCUT2D eigenvalue weighted by atomic mass is 33.2. The zero-order chi connectivity index (χ0) is 19.3. The molecule has 0 amide bonds. The second kappa shape index (κ2) is 7.31. The van der Waals surface area contributed by atoms with Gasteiger partial charge >= 0.3 is 19.2 Å². The third-order valence-corrected chi connectivity index (χ3v) is 11.2. The molecule has 0 fully saturated rings. The summed E-state index contributed by atoms with van der Waals surface area (Å²) in [6.07, 6.45) is -10.1. The summed E-state index contributed by atoms with van der Waals surface area (Å²) in [7, 11) is -7.03. The highest BCUT2D eigenvalue weighted by molar-refractivity contribution is 9.04. The zero-order valence-corrected chi connectivity index (χ0v) is 14.5. The van der Waals surface area contributed by atoms with E-state index in [-0.39, 0.29) is 17.2 Å². The second-order valence-corrected chi connectivity index (χ2v) is 11.9. The van der Waals surface area contributed by atoms with Crippen LogP contribution in [0.5, 0.6) is 0 Å². The third-order valence-electron chi connectivity index (χ3n) is 2.63. The molecule has 24 heavy (non-hydrogen) atoms. The van der Waals surface area contributed by atoms with Gasteiger partial charge in [0.1, 0.15) is 0 Å². The molecule has 0 unspecified atom stereocenters. The average molecular weight is 418 g/mol.